The Bertz CT molecular complexity index is 1000. The molecule has 0 aromatic carbocycles. The molecule has 110 valence electrons. The summed E-state index contributed by atoms with van der Waals surface area (Å²) >= 11 is 2.68. The smallest absolute Gasteiger partial charge is 0.270 e. The van der Waals surface area contributed by atoms with Gasteiger partial charge >= 0.3 is 0 Å². The molecule has 22 heavy (non-hydrogen) atoms. The van der Waals surface area contributed by atoms with Crippen molar-refractivity contribution in [2.75, 3.05) is 0 Å². The molecular weight excluding hydrogens is 322 g/mol. The molecule has 6 nitrogen and oxygen atoms in total. The van der Waals surface area contributed by atoms with E-state index in [0.29, 0.717) is 15.9 Å². The number of pyridine rings is 1. The second-order valence-electron chi connectivity index (χ2n) is 4.49. The molecule has 0 fully saturated rings. The topological polar surface area (TPSA) is 109 Å². The van der Waals surface area contributed by atoms with Crippen molar-refractivity contribution in [3.8, 4) is 22.3 Å². The van der Waals surface area contributed by atoms with Gasteiger partial charge in [0.1, 0.15) is 16.6 Å². The lowest BCUT2D eigenvalue weighted by Gasteiger charge is -2.00. The number of aromatic nitrogens is 1. The first-order valence-electron chi connectivity index (χ1n) is 6.12. The van der Waals surface area contributed by atoms with Crippen molar-refractivity contribution < 1.29 is 10.3 Å². The lowest BCUT2D eigenvalue weighted by molar-refractivity contribution is 0.319. The largest absolute Gasteiger partial charge is 0.506 e. The van der Waals surface area contributed by atoms with Crippen molar-refractivity contribution in [2.45, 2.75) is 6.92 Å². The van der Waals surface area contributed by atoms with Gasteiger partial charge in [-0.25, -0.2) is 0 Å². The zero-order chi connectivity index (χ0) is 15.9. The minimum atomic E-state index is -0.601. The molecule has 3 N–H and O–H groups in total. The molecule has 0 aliphatic carbocycles. The SMILES string of the molecule is C/C(=N\O)c1ccc(-c2csc3[nH]c(=O)c(C#N)c(O)c23)s1. The van der Waals surface area contributed by atoms with Gasteiger partial charge in [-0.3, -0.25) is 4.79 Å². The van der Waals surface area contributed by atoms with Crippen molar-refractivity contribution in [1.29, 1.82) is 5.26 Å². The second-order valence-corrected chi connectivity index (χ2v) is 6.46. The van der Waals surface area contributed by atoms with E-state index in [4.69, 9.17) is 10.5 Å². The van der Waals surface area contributed by atoms with Gasteiger partial charge in [-0.05, 0) is 19.1 Å². The summed E-state index contributed by atoms with van der Waals surface area (Å²) in [5.41, 5.74) is 0.325. The molecule has 3 rings (SSSR count). The van der Waals surface area contributed by atoms with Gasteiger partial charge in [0.2, 0.25) is 0 Å². The summed E-state index contributed by atoms with van der Waals surface area (Å²) in [6.45, 7) is 1.68. The number of oxime groups is 1. The number of H-pyrrole nitrogens is 1. The molecule has 0 saturated heterocycles. The molecular formula is C14H9N3O3S2. The van der Waals surface area contributed by atoms with Crippen LogP contribution in [0.5, 0.6) is 5.75 Å². The number of hydrogen-bond acceptors (Lipinski definition) is 7. The summed E-state index contributed by atoms with van der Waals surface area (Å²) < 4.78 is 0. The molecule has 3 heterocycles. The van der Waals surface area contributed by atoms with Crippen LogP contribution >= 0.6 is 22.7 Å². The first-order chi connectivity index (χ1) is 10.6. The molecule has 0 aliphatic heterocycles. The molecule has 0 unspecified atom stereocenters. The Morgan fingerprint density at radius 2 is 2.23 bits per heavy atom. The maximum absolute atomic E-state index is 11.7. The number of nitrogens with one attached hydrogen (secondary N) is 1. The van der Waals surface area contributed by atoms with E-state index in [1.165, 1.54) is 22.7 Å². The normalized spacial score (nSPS) is 11.7. The van der Waals surface area contributed by atoms with Crippen molar-refractivity contribution in [1.82, 2.24) is 4.98 Å². The number of aromatic hydroxyl groups is 1. The highest BCUT2D eigenvalue weighted by Crippen LogP contribution is 2.41. The van der Waals surface area contributed by atoms with E-state index in [9.17, 15) is 9.90 Å². The fraction of sp³-hybridized carbons (Fsp3) is 0.0714. The highest BCUT2D eigenvalue weighted by atomic mass is 32.1. The quantitative estimate of drug-likeness (QED) is 0.381. The van der Waals surface area contributed by atoms with Crippen LogP contribution in [-0.4, -0.2) is 21.0 Å². The van der Waals surface area contributed by atoms with Crippen molar-refractivity contribution in [2.24, 2.45) is 5.16 Å². The number of nitrogens with zero attached hydrogens (tertiary/aromatic N) is 2. The summed E-state index contributed by atoms with van der Waals surface area (Å²) in [5, 5.41) is 33.5. The van der Waals surface area contributed by atoms with Crippen molar-refractivity contribution >= 4 is 38.6 Å². The van der Waals surface area contributed by atoms with Gasteiger partial charge in [0.25, 0.3) is 5.56 Å². The van der Waals surface area contributed by atoms with Gasteiger partial charge < -0.3 is 15.3 Å². The number of thiophene rings is 2. The predicted molar refractivity (Wildman–Crippen MR) is 86.1 cm³/mol. The van der Waals surface area contributed by atoms with Crippen LogP contribution in [0.3, 0.4) is 0 Å². The lowest BCUT2D eigenvalue weighted by Crippen LogP contribution is -2.09. The van der Waals surface area contributed by atoms with E-state index in [1.807, 2.05) is 17.5 Å². The number of nitriles is 1. The average Bonchev–Trinajstić information content (AvgIpc) is 3.13. The summed E-state index contributed by atoms with van der Waals surface area (Å²) in [5.74, 6) is -0.306. The van der Waals surface area contributed by atoms with E-state index < -0.39 is 5.56 Å². The fourth-order valence-electron chi connectivity index (χ4n) is 2.09. The number of hydrogen-bond donors (Lipinski definition) is 3. The van der Waals surface area contributed by atoms with Gasteiger partial charge in [-0.1, -0.05) is 5.16 Å². The number of fused-ring (bicyclic) bond motifs is 1. The van der Waals surface area contributed by atoms with Crippen LogP contribution < -0.4 is 5.56 Å². The van der Waals surface area contributed by atoms with E-state index in [1.54, 1.807) is 13.0 Å². The lowest BCUT2D eigenvalue weighted by atomic mass is 10.1. The van der Waals surface area contributed by atoms with E-state index in [0.717, 1.165) is 15.3 Å². The first kappa shape index (κ1) is 14.3. The van der Waals surface area contributed by atoms with Gasteiger partial charge in [0.05, 0.1) is 16.0 Å². The molecule has 8 heteroatoms. The maximum atomic E-state index is 11.7. The second kappa shape index (κ2) is 5.29. The molecule has 0 spiro atoms. The van der Waals surface area contributed by atoms with Crippen LogP contribution in [0.1, 0.15) is 17.4 Å². The van der Waals surface area contributed by atoms with Crippen molar-refractivity contribution in [3.05, 3.63) is 38.3 Å². The monoisotopic (exact) mass is 331 g/mol. The molecule has 0 saturated carbocycles. The standard InChI is InChI=1S/C14H9N3O3S2/c1-6(17-20)9-2-3-10(22-9)8-5-21-14-11(8)12(18)7(4-15)13(19)16-14/h2-3,5,20H,1H3,(H2,16,18,19)/b17-6+. The minimum absolute atomic E-state index is 0.294. The van der Waals surface area contributed by atoms with Gasteiger partial charge in [0, 0.05) is 15.8 Å². The van der Waals surface area contributed by atoms with Crippen molar-refractivity contribution in [3.63, 3.8) is 0 Å². The fourth-order valence-corrected chi connectivity index (χ4v) is 4.09. The van der Waals surface area contributed by atoms with Gasteiger partial charge in [0.15, 0.2) is 5.56 Å². The molecule has 0 bridgehead atoms. The van der Waals surface area contributed by atoms with Gasteiger partial charge in [-0.15, -0.1) is 22.7 Å². The van der Waals surface area contributed by atoms with Crippen LogP contribution in [0.15, 0.2) is 27.5 Å². The summed E-state index contributed by atoms with van der Waals surface area (Å²) in [6, 6.07) is 5.37. The van der Waals surface area contributed by atoms with E-state index >= 15 is 0 Å². The van der Waals surface area contributed by atoms with Crippen LogP contribution in [-0.2, 0) is 0 Å². The molecule has 0 atom stereocenters. The Hall–Kier alpha value is -2.63. The molecule has 0 radical (unpaired) electrons. The van der Waals surface area contributed by atoms with Gasteiger partial charge in [-0.2, -0.15) is 5.26 Å². The molecule has 3 aromatic heterocycles. The summed E-state index contributed by atoms with van der Waals surface area (Å²) in [6.07, 6.45) is 0. The maximum Gasteiger partial charge on any atom is 0.270 e. The Morgan fingerprint density at radius 1 is 1.45 bits per heavy atom. The highest BCUT2D eigenvalue weighted by Gasteiger charge is 2.18. The number of rotatable bonds is 2. The third-order valence-corrected chi connectivity index (χ3v) is 5.33. The van der Waals surface area contributed by atoms with E-state index in [2.05, 4.69) is 10.1 Å². The Morgan fingerprint density at radius 3 is 2.91 bits per heavy atom. The predicted octanol–water partition coefficient (Wildman–Crippen LogP) is 3.09. The minimum Gasteiger partial charge on any atom is -0.506 e. The summed E-state index contributed by atoms with van der Waals surface area (Å²) in [7, 11) is 0. The Kier molecular flexibility index (Phi) is 3.44. The Labute approximate surface area is 132 Å². The summed E-state index contributed by atoms with van der Waals surface area (Å²) in [4.78, 5) is 16.4. The zero-order valence-corrected chi connectivity index (χ0v) is 12.9. The third-order valence-electron chi connectivity index (χ3n) is 3.21. The molecule has 0 aliphatic rings. The van der Waals surface area contributed by atoms with Crippen LogP contribution in [0.4, 0.5) is 0 Å². The molecule has 3 aromatic rings. The first-order valence-corrected chi connectivity index (χ1v) is 7.82. The average molecular weight is 331 g/mol. The van der Waals surface area contributed by atoms with E-state index in [-0.39, 0.29) is 11.3 Å². The van der Waals surface area contributed by atoms with Crippen LogP contribution in [0.2, 0.25) is 0 Å². The number of aromatic amines is 1. The third kappa shape index (κ3) is 2.07. The zero-order valence-electron chi connectivity index (χ0n) is 11.2. The van der Waals surface area contributed by atoms with Crippen LogP contribution in [0.25, 0.3) is 20.7 Å². The molecule has 0 amide bonds. The Balaban J connectivity index is 2.27. The highest BCUT2D eigenvalue weighted by molar-refractivity contribution is 7.20. The van der Waals surface area contributed by atoms with Crippen LogP contribution in [0, 0.1) is 11.3 Å².